The molecule has 0 saturated carbocycles. The zero-order valence-corrected chi connectivity index (χ0v) is 6.48. The van der Waals surface area contributed by atoms with Gasteiger partial charge in [-0.2, -0.15) is 8.78 Å². The predicted molar refractivity (Wildman–Crippen MR) is 41.6 cm³/mol. The van der Waals surface area contributed by atoms with Gasteiger partial charge in [-0.1, -0.05) is 24.3 Å². The summed E-state index contributed by atoms with van der Waals surface area (Å²) in [5.74, 6) is 0. The van der Waals surface area contributed by atoms with Crippen molar-refractivity contribution in [2.45, 2.75) is 6.43 Å². The van der Waals surface area contributed by atoms with E-state index in [9.17, 15) is 17.6 Å². The maximum absolute atomic E-state index is 12.0. The van der Waals surface area contributed by atoms with Crippen LogP contribution < -0.4 is 0 Å². The van der Waals surface area contributed by atoms with Crippen LogP contribution in [0.3, 0.4) is 0 Å². The Hall–Kier alpha value is -1.32. The molecule has 0 aliphatic rings. The molecule has 0 unspecified atom stereocenters. The van der Waals surface area contributed by atoms with E-state index in [1.165, 1.54) is 12.1 Å². The molecule has 0 fully saturated rings. The predicted octanol–water partition coefficient (Wildman–Crippen LogP) is 3.86. The molecule has 0 spiro atoms. The molecule has 1 aromatic rings. The minimum atomic E-state index is -2.56. The molecule has 0 aromatic heterocycles. The van der Waals surface area contributed by atoms with Gasteiger partial charge < -0.3 is 0 Å². The van der Waals surface area contributed by atoms with Gasteiger partial charge in [-0.15, -0.1) is 0 Å². The first-order valence-corrected chi connectivity index (χ1v) is 3.50. The third-order valence-electron chi connectivity index (χ3n) is 1.46. The molecule has 4 heteroatoms. The summed E-state index contributed by atoms with van der Waals surface area (Å²) in [6.45, 7) is 0. The summed E-state index contributed by atoms with van der Waals surface area (Å²) in [4.78, 5) is 0. The van der Waals surface area contributed by atoms with E-state index >= 15 is 0 Å². The zero-order valence-electron chi connectivity index (χ0n) is 6.48. The molecule has 0 aliphatic carbocycles. The van der Waals surface area contributed by atoms with Crippen LogP contribution in [0.2, 0.25) is 0 Å². The summed E-state index contributed by atoms with van der Waals surface area (Å²) in [7, 11) is 0. The van der Waals surface area contributed by atoms with E-state index in [0.717, 1.165) is 12.1 Å². The first-order valence-electron chi connectivity index (χ1n) is 3.50. The van der Waals surface area contributed by atoms with E-state index in [-0.39, 0.29) is 11.1 Å². The molecular weight excluding hydrogens is 184 g/mol. The third-order valence-corrected chi connectivity index (χ3v) is 1.46. The maximum Gasteiger partial charge on any atom is 0.270 e. The molecule has 0 atom stereocenters. The van der Waals surface area contributed by atoms with Crippen LogP contribution >= 0.6 is 0 Å². The van der Waals surface area contributed by atoms with E-state index < -0.39 is 12.5 Å². The molecule has 0 amide bonds. The minimum absolute atomic E-state index is 0.170. The van der Waals surface area contributed by atoms with Crippen LogP contribution in [-0.2, 0) is 0 Å². The average molecular weight is 190 g/mol. The second kappa shape index (κ2) is 4.07. The first-order chi connectivity index (χ1) is 6.09. The highest BCUT2D eigenvalue weighted by atomic mass is 19.3. The Labute approximate surface area is 72.5 Å². The Morgan fingerprint density at radius 1 is 1.08 bits per heavy atom. The molecule has 1 aromatic carbocycles. The van der Waals surface area contributed by atoms with Crippen LogP contribution in [0.15, 0.2) is 30.3 Å². The van der Waals surface area contributed by atoms with Gasteiger partial charge in [0.25, 0.3) is 12.5 Å². The molecule has 0 radical (unpaired) electrons. The van der Waals surface area contributed by atoms with Crippen LogP contribution in [0.5, 0.6) is 0 Å². The van der Waals surface area contributed by atoms with E-state index in [4.69, 9.17) is 0 Å². The summed E-state index contributed by atoms with van der Waals surface area (Å²) in [6, 6.07) is 4.69. The van der Waals surface area contributed by atoms with Gasteiger partial charge in [-0.05, 0) is 5.56 Å². The van der Waals surface area contributed by atoms with E-state index in [1.54, 1.807) is 0 Å². The fourth-order valence-electron chi connectivity index (χ4n) is 0.864. The molecule has 13 heavy (non-hydrogen) atoms. The normalized spacial score (nSPS) is 10.2. The van der Waals surface area contributed by atoms with Crippen molar-refractivity contribution >= 4 is 6.08 Å². The maximum atomic E-state index is 12.0. The smallest absolute Gasteiger partial charge is 0.205 e. The van der Waals surface area contributed by atoms with E-state index in [1.807, 2.05) is 0 Å². The lowest BCUT2D eigenvalue weighted by Crippen LogP contribution is -1.82. The third kappa shape index (κ3) is 2.89. The monoisotopic (exact) mass is 190 g/mol. The average Bonchev–Trinajstić information content (AvgIpc) is 2.04. The van der Waals surface area contributed by atoms with Crippen LogP contribution in [0.25, 0.3) is 6.08 Å². The minimum Gasteiger partial charge on any atom is -0.205 e. The SMILES string of the molecule is FC(F)=Cc1ccc(C(F)F)cc1. The quantitative estimate of drug-likeness (QED) is 0.621. The van der Waals surface area contributed by atoms with Crippen LogP contribution in [-0.4, -0.2) is 0 Å². The Balaban J connectivity index is 2.88. The molecule has 0 nitrogen and oxygen atoms in total. The standard InChI is InChI=1S/C9H6F4/c10-8(11)5-6-1-3-7(4-2-6)9(12)13/h1-5,9H. The van der Waals surface area contributed by atoms with Gasteiger partial charge in [0.05, 0.1) is 0 Å². The van der Waals surface area contributed by atoms with Crippen molar-refractivity contribution in [2.75, 3.05) is 0 Å². The van der Waals surface area contributed by atoms with Crippen LogP contribution in [0.1, 0.15) is 17.6 Å². The van der Waals surface area contributed by atoms with Crippen molar-refractivity contribution in [3.05, 3.63) is 41.5 Å². The highest BCUT2D eigenvalue weighted by Gasteiger charge is 2.05. The number of rotatable bonds is 2. The molecule has 0 saturated heterocycles. The lowest BCUT2D eigenvalue weighted by Gasteiger charge is -1.98. The second-order valence-corrected chi connectivity index (χ2v) is 2.40. The van der Waals surface area contributed by atoms with E-state index in [2.05, 4.69) is 0 Å². The van der Waals surface area contributed by atoms with Crippen molar-refractivity contribution in [3.8, 4) is 0 Å². The Morgan fingerprint density at radius 3 is 2.00 bits per heavy atom. The highest BCUT2D eigenvalue weighted by Crippen LogP contribution is 2.19. The van der Waals surface area contributed by atoms with Crippen molar-refractivity contribution in [3.63, 3.8) is 0 Å². The summed E-state index contributed by atoms with van der Waals surface area (Å²) < 4.78 is 47.4. The summed E-state index contributed by atoms with van der Waals surface area (Å²) in [5.41, 5.74) is 0.0424. The fraction of sp³-hybridized carbons (Fsp3) is 0.111. The van der Waals surface area contributed by atoms with Crippen molar-refractivity contribution < 1.29 is 17.6 Å². The topological polar surface area (TPSA) is 0 Å². The summed E-state index contributed by atoms with van der Waals surface area (Å²) >= 11 is 0. The largest absolute Gasteiger partial charge is 0.270 e. The van der Waals surface area contributed by atoms with E-state index in [0.29, 0.717) is 6.08 Å². The van der Waals surface area contributed by atoms with Gasteiger partial charge in [0.1, 0.15) is 0 Å². The zero-order chi connectivity index (χ0) is 9.84. The van der Waals surface area contributed by atoms with Gasteiger partial charge in [0.2, 0.25) is 0 Å². The molecule has 0 heterocycles. The van der Waals surface area contributed by atoms with Gasteiger partial charge in [-0.3, -0.25) is 0 Å². The molecule has 0 aliphatic heterocycles. The van der Waals surface area contributed by atoms with Crippen molar-refractivity contribution in [1.29, 1.82) is 0 Å². The number of halogens is 4. The van der Waals surface area contributed by atoms with Crippen molar-refractivity contribution in [2.24, 2.45) is 0 Å². The lowest BCUT2D eigenvalue weighted by atomic mass is 10.1. The number of hydrogen-bond acceptors (Lipinski definition) is 0. The van der Waals surface area contributed by atoms with Gasteiger partial charge in [0.15, 0.2) is 0 Å². The van der Waals surface area contributed by atoms with Crippen LogP contribution in [0.4, 0.5) is 17.6 Å². The summed E-state index contributed by atoms with van der Waals surface area (Å²) in [5, 5.41) is 0. The van der Waals surface area contributed by atoms with Crippen LogP contribution in [0, 0.1) is 0 Å². The second-order valence-electron chi connectivity index (χ2n) is 2.40. The highest BCUT2D eigenvalue weighted by molar-refractivity contribution is 5.50. The number of benzene rings is 1. The first kappa shape index (κ1) is 9.77. The molecule has 0 bridgehead atoms. The fourth-order valence-corrected chi connectivity index (χ4v) is 0.864. The number of alkyl halides is 2. The van der Waals surface area contributed by atoms with Gasteiger partial charge in [0, 0.05) is 11.6 Å². The molecule has 0 N–H and O–H groups in total. The molecule has 1 rings (SSSR count). The van der Waals surface area contributed by atoms with Gasteiger partial charge in [-0.25, -0.2) is 8.78 Å². The number of hydrogen-bond donors (Lipinski definition) is 0. The molecular formula is C9H6F4. The Kier molecular flexibility index (Phi) is 3.06. The summed E-state index contributed by atoms with van der Waals surface area (Å²) in [6.07, 6.45) is -3.78. The molecule has 70 valence electrons. The van der Waals surface area contributed by atoms with Gasteiger partial charge >= 0.3 is 0 Å². The Morgan fingerprint density at radius 2 is 1.62 bits per heavy atom. The lowest BCUT2D eigenvalue weighted by molar-refractivity contribution is 0.151. The Bertz CT molecular complexity index is 296. The van der Waals surface area contributed by atoms with Crippen molar-refractivity contribution in [1.82, 2.24) is 0 Å².